The number of hydrogen-bond donors (Lipinski definition) is 0. The Morgan fingerprint density at radius 2 is 1.88 bits per heavy atom. The number of carbonyl (C=O) groups is 1. The fourth-order valence-electron chi connectivity index (χ4n) is 1.58. The molecule has 0 spiro atoms. The van der Waals surface area contributed by atoms with E-state index in [1.54, 1.807) is 16.7 Å². The van der Waals surface area contributed by atoms with Gasteiger partial charge in [-0.3, -0.25) is 4.79 Å². The van der Waals surface area contributed by atoms with Crippen molar-refractivity contribution in [1.82, 2.24) is 4.90 Å². The molecule has 1 aliphatic heterocycles. The van der Waals surface area contributed by atoms with Gasteiger partial charge in [-0.2, -0.15) is 11.8 Å². The highest BCUT2D eigenvalue weighted by molar-refractivity contribution is 7.99. The molecule has 1 heterocycles. The van der Waals surface area contributed by atoms with Crippen molar-refractivity contribution in [2.24, 2.45) is 0 Å². The highest BCUT2D eigenvalue weighted by Gasteiger charge is 2.19. The van der Waals surface area contributed by atoms with Crippen LogP contribution in [0.1, 0.15) is 10.4 Å². The average molecular weight is 243 g/mol. The number of thioether (sulfide) groups is 1. The second-order valence-corrected chi connectivity index (χ2v) is 4.76. The average Bonchev–Trinajstić information content (AvgIpc) is 2.33. The predicted molar refractivity (Wildman–Crippen MR) is 59.6 cm³/mol. The first kappa shape index (κ1) is 11.4. The van der Waals surface area contributed by atoms with E-state index in [-0.39, 0.29) is 11.5 Å². The van der Waals surface area contributed by atoms with Gasteiger partial charge in [-0.1, -0.05) is 0 Å². The topological polar surface area (TPSA) is 20.3 Å². The van der Waals surface area contributed by atoms with Crippen LogP contribution in [-0.4, -0.2) is 35.4 Å². The summed E-state index contributed by atoms with van der Waals surface area (Å²) < 4.78 is 25.7. The van der Waals surface area contributed by atoms with Gasteiger partial charge in [-0.15, -0.1) is 0 Å². The molecule has 0 aromatic heterocycles. The lowest BCUT2D eigenvalue weighted by Crippen LogP contribution is -2.37. The Kier molecular flexibility index (Phi) is 3.43. The number of benzene rings is 1. The molecule has 1 saturated heterocycles. The Morgan fingerprint density at radius 3 is 2.50 bits per heavy atom. The first-order valence-corrected chi connectivity index (χ1v) is 6.16. The molecule has 0 bridgehead atoms. The first-order valence-electron chi connectivity index (χ1n) is 5.00. The molecule has 16 heavy (non-hydrogen) atoms. The van der Waals surface area contributed by atoms with Crippen LogP contribution in [0.3, 0.4) is 0 Å². The Hall–Kier alpha value is -1.10. The van der Waals surface area contributed by atoms with Gasteiger partial charge in [-0.25, -0.2) is 8.78 Å². The van der Waals surface area contributed by atoms with Crippen LogP contribution in [0, 0.1) is 11.6 Å². The monoisotopic (exact) mass is 243 g/mol. The van der Waals surface area contributed by atoms with E-state index in [2.05, 4.69) is 0 Å². The molecule has 1 aromatic rings. The van der Waals surface area contributed by atoms with Gasteiger partial charge in [0.1, 0.15) is 0 Å². The van der Waals surface area contributed by atoms with E-state index in [1.807, 2.05) is 0 Å². The van der Waals surface area contributed by atoms with Gasteiger partial charge in [-0.05, 0) is 18.2 Å². The second-order valence-electron chi connectivity index (χ2n) is 3.53. The number of halogens is 2. The Bertz CT molecular complexity index is 405. The van der Waals surface area contributed by atoms with Crippen LogP contribution in [-0.2, 0) is 0 Å². The van der Waals surface area contributed by atoms with Crippen molar-refractivity contribution in [1.29, 1.82) is 0 Å². The summed E-state index contributed by atoms with van der Waals surface area (Å²) in [5.74, 6) is -0.327. The zero-order valence-electron chi connectivity index (χ0n) is 8.58. The molecule has 1 amide bonds. The molecule has 1 fully saturated rings. The standard InChI is InChI=1S/C11H11F2NOS/c12-9-2-1-8(7-10(9)13)11(15)14-3-5-16-6-4-14/h1-2,7H,3-6H2. The summed E-state index contributed by atoms with van der Waals surface area (Å²) in [7, 11) is 0. The maximum absolute atomic E-state index is 13.0. The van der Waals surface area contributed by atoms with Crippen LogP contribution in [0.4, 0.5) is 8.78 Å². The molecule has 2 nitrogen and oxygen atoms in total. The van der Waals surface area contributed by atoms with Gasteiger partial charge in [0.05, 0.1) is 0 Å². The minimum Gasteiger partial charge on any atom is -0.337 e. The van der Waals surface area contributed by atoms with E-state index in [0.29, 0.717) is 13.1 Å². The fraction of sp³-hybridized carbons (Fsp3) is 0.364. The molecular weight excluding hydrogens is 232 g/mol. The van der Waals surface area contributed by atoms with E-state index in [1.165, 1.54) is 6.07 Å². The third-order valence-electron chi connectivity index (χ3n) is 2.46. The van der Waals surface area contributed by atoms with Crippen molar-refractivity contribution in [3.63, 3.8) is 0 Å². The zero-order chi connectivity index (χ0) is 11.5. The number of hydrogen-bond acceptors (Lipinski definition) is 2. The molecular formula is C11H11F2NOS. The third-order valence-corrected chi connectivity index (χ3v) is 3.41. The summed E-state index contributed by atoms with van der Waals surface area (Å²) in [6, 6.07) is 3.27. The van der Waals surface area contributed by atoms with E-state index < -0.39 is 11.6 Å². The maximum Gasteiger partial charge on any atom is 0.254 e. The summed E-state index contributed by atoms with van der Waals surface area (Å²) in [6.45, 7) is 1.34. The second kappa shape index (κ2) is 4.82. The smallest absolute Gasteiger partial charge is 0.254 e. The van der Waals surface area contributed by atoms with Crippen LogP contribution in [0.15, 0.2) is 18.2 Å². The van der Waals surface area contributed by atoms with Crippen molar-refractivity contribution in [2.45, 2.75) is 0 Å². The predicted octanol–water partition coefficient (Wildman–Crippen LogP) is 2.15. The van der Waals surface area contributed by atoms with Gasteiger partial charge in [0.2, 0.25) is 0 Å². The SMILES string of the molecule is O=C(c1ccc(F)c(F)c1)N1CCSCC1. The van der Waals surface area contributed by atoms with E-state index in [9.17, 15) is 13.6 Å². The lowest BCUT2D eigenvalue weighted by molar-refractivity contribution is 0.0771. The molecule has 86 valence electrons. The summed E-state index contributed by atoms with van der Waals surface area (Å²) in [5, 5.41) is 0. The normalized spacial score (nSPS) is 16.2. The van der Waals surface area contributed by atoms with Crippen LogP contribution in [0.5, 0.6) is 0 Å². The highest BCUT2D eigenvalue weighted by Crippen LogP contribution is 2.15. The number of amides is 1. The van der Waals surface area contributed by atoms with E-state index >= 15 is 0 Å². The summed E-state index contributed by atoms with van der Waals surface area (Å²) >= 11 is 1.79. The molecule has 2 rings (SSSR count). The number of rotatable bonds is 1. The molecule has 0 unspecified atom stereocenters. The summed E-state index contributed by atoms with van der Waals surface area (Å²) in [5.41, 5.74) is 0.214. The van der Waals surface area contributed by atoms with Gasteiger partial charge in [0.15, 0.2) is 11.6 Å². The van der Waals surface area contributed by atoms with Crippen LogP contribution in [0.25, 0.3) is 0 Å². The minimum atomic E-state index is -0.975. The van der Waals surface area contributed by atoms with Crippen molar-refractivity contribution < 1.29 is 13.6 Å². The molecule has 0 N–H and O–H groups in total. The molecule has 0 radical (unpaired) electrons. The fourth-order valence-corrected chi connectivity index (χ4v) is 2.48. The zero-order valence-corrected chi connectivity index (χ0v) is 9.40. The van der Waals surface area contributed by atoms with Crippen molar-refractivity contribution >= 4 is 17.7 Å². The van der Waals surface area contributed by atoms with E-state index in [4.69, 9.17) is 0 Å². The van der Waals surface area contributed by atoms with Crippen LogP contribution >= 0.6 is 11.8 Å². The van der Waals surface area contributed by atoms with Crippen molar-refractivity contribution in [2.75, 3.05) is 24.6 Å². The maximum atomic E-state index is 13.0. The van der Waals surface area contributed by atoms with Gasteiger partial charge < -0.3 is 4.90 Å². The number of carbonyl (C=O) groups excluding carboxylic acids is 1. The lowest BCUT2D eigenvalue weighted by Gasteiger charge is -2.26. The molecule has 1 aromatic carbocycles. The Labute approximate surface area is 96.6 Å². The quantitative estimate of drug-likeness (QED) is 0.753. The highest BCUT2D eigenvalue weighted by atomic mass is 32.2. The van der Waals surface area contributed by atoms with Crippen LogP contribution < -0.4 is 0 Å². The van der Waals surface area contributed by atoms with Gasteiger partial charge in [0.25, 0.3) is 5.91 Å². The molecule has 5 heteroatoms. The van der Waals surface area contributed by atoms with E-state index in [0.717, 1.165) is 23.6 Å². The Balaban J connectivity index is 2.16. The molecule has 1 aliphatic rings. The Morgan fingerprint density at radius 1 is 1.19 bits per heavy atom. The van der Waals surface area contributed by atoms with Crippen molar-refractivity contribution in [3.05, 3.63) is 35.4 Å². The number of nitrogens with zero attached hydrogens (tertiary/aromatic N) is 1. The minimum absolute atomic E-state index is 0.214. The molecule has 0 atom stereocenters. The first-order chi connectivity index (χ1) is 7.68. The lowest BCUT2D eigenvalue weighted by atomic mass is 10.2. The molecule has 0 aliphatic carbocycles. The largest absolute Gasteiger partial charge is 0.337 e. The summed E-state index contributed by atoms with van der Waals surface area (Å²) in [4.78, 5) is 13.6. The van der Waals surface area contributed by atoms with Gasteiger partial charge >= 0.3 is 0 Å². The van der Waals surface area contributed by atoms with Crippen LogP contribution in [0.2, 0.25) is 0 Å². The molecule has 0 saturated carbocycles. The van der Waals surface area contributed by atoms with Gasteiger partial charge in [0, 0.05) is 30.2 Å². The van der Waals surface area contributed by atoms with Crippen molar-refractivity contribution in [3.8, 4) is 0 Å². The third kappa shape index (κ3) is 2.35. The summed E-state index contributed by atoms with van der Waals surface area (Å²) in [6.07, 6.45) is 0.